The molecule has 1 fully saturated rings. The highest BCUT2D eigenvalue weighted by atomic mass is 16.5. The van der Waals surface area contributed by atoms with Crippen LogP contribution in [0.15, 0.2) is 42.7 Å². The number of carbonyl (C=O) groups is 2. The van der Waals surface area contributed by atoms with Gasteiger partial charge in [0.2, 0.25) is 11.8 Å². The van der Waals surface area contributed by atoms with Crippen LogP contribution in [0.2, 0.25) is 0 Å². The molecule has 0 aliphatic carbocycles. The van der Waals surface area contributed by atoms with Gasteiger partial charge in [-0.25, -0.2) is 0 Å². The highest BCUT2D eigenvalue weighted by Crippen LogP contribution is 2.19. The van der Waals surface area contributed by atoms with E-state index in [0.29, 0.717) is 39.0 Å². The van der Waals surface area contributed by atoms with Gasteiger partial charge in [0.25, 0.3) is 0 Å². The molecule has 27 heavy (non-hydrogen) atoms. The van der Waals surface area contributed by atoms with Crippen molar-refractivity contribution in [1.29, 1.82) is 0 Å². The maximum Gasteiger partial charge on any atom is 0.227 e. The van der Waals surface area contributed by atoms with E-state index in [1.165, 1.54) is 0 Å². The Labute approximate surface area is 160 Å². The van der Waals surface area contributed by atoms with Gasteiger partial charge in [0.15, 0.2) is 0 Å². The van der Waals surface area contributed by atoms with Crippen molar-refractivity contribution in [2.24, 2.45) is 7.05 Å². The maximum absolute atomic E-state index is 12.7. The topological polar surface area (TPSA) is 54.8 Å². The number of nitrogens with zero attached hydrogens (tertiary/aromatic N) is 3. The Hall–Kier alpha value is -2.76. The molecule has 1 saturated heterocycles. The van der Waals surface area contributed by atoms with E-state index >= 15 is 0 Å². The van der Waals surface area contributed by atoms with Crippen LogP contribution in [0, 0.1) is 0 Å². The minimum Gasteiger partial charge on any atom is -0.496 e. The largest absolute Gasteiger partial charge is 0.496 e. The Bertz CT molecular complexity index is 799. The molecular weight excluding hydrogens is 342 g/mol. The summed E-state index contributed by atoms with van der Waals surface area (Å²) in [6.07, 6.45) is 5.46. The van der Waals surface area contributed by atoms with E-state index in [1.54, 1.807) is 7.11 Å². The summed E-state index contributed by atoms with van der Waals surface area (Å²) in [7, 11) is 3.57. The number of aromatic nitrogens is 1. The molecule has 1 aromatic heterocycles. The number of rotatable bonds is 5. The summed E-state index contributed by atoms with van der Waals surface area (Å²) in [5.74, 6) is 0.942. The number of para-hydroxylation sites is 1. The van der Waals surface area contributed by atoms with Gasteiger partial charge >= 0.3 is 0 Å². The molecule has 1 aromatic carbocycles. The van der Waals surface area contributed by atoms with Crippen LogP contribution in [0.3, 0.4) is 0 Å². The second kappa shape index (κ2) is 8.75. The van der Waals surface area contributed by atoms with E-state index in [0.717, 1.165) is 23.3 Å². The van der Waals surface area contributed by atoms with Crippen molar-refractivity contribution in [3.8, 4) is 5.75 Å². The first-order valence-corrected chi connectivity index (χ1v) is 9.35. The van der Waals surface area contributed by atoms with Gasteiger partial charge in [0.1, 0.15) is 5.75 Å². The van der Waals surface area contributed by atoms with E-state index in [9.17, 15) is 9.59 Å². The third-order valence-corrected chi connectivity index (χ3v) is 4.98. The molecule has 0 unspecified atom stereocenters. The Morgan fingerprint density at radius 1 is 0.963 bits per heavy atom. The van der Waals surface area contributed by atoms with Crippen LogP contribution in [-0.2, 0) is 29.5 Å². The van der Waals surface area contributed by atoms with Crippen molar-refractivity contribution in [3.63, 3.8) is 0 Å². The van der Waals surface area contributed by atoms with E-state index in [2.05, 4.69) is 0 Å². The van der Waals surface area contributed by atoms with E-state index in [1.807, 2.05) is 64.1 Å². The number of carbonyl (C=O) groups excluding carboxylic acids is 2. The molecule has 6 heteroatoms. The molecule has 0 spiro atoms. The zero-order valence-electron chi connectivity index (χ0n) is 16.1. The van der Waals surface area contributed by atoms with Crippen LogP contribution < -0.4 is 4.74 Å². The van der Waals surface area contributed by atoms with Crippen LogP contribution in [0.25, 0.3) is 0 Å². The molecule has 0 bridgehead atoms. The molecule has 0 N–H and O–H groups in total. The van der Waals surface area contributed by atoms with Gasteiger partial charge in [-0.1, -0.05) is 18.2 Å². The van der Waals surface area contributed by atoms with Gasteiger partial charge in [-0.05, 0) is 24.1 Å². The lowest BCUT2D eigenvalue weighted by molar-refractivity contribution is -0.132. The lowest BCUT2D eigenvalue weighted by Crippen LogP contribution is -2.38. The zero-order chi connectivity index (χ0) is 19.2. The van der Waals surface area contributed by atoms with Crippen molar-refractivity contribution in [2.75, 3.05) is 33.3 Å². The number of ether oxygens (including phenoxy) is 1. The summed E-state index contributed by atoms with van der Waals surface area (Å²) in [5, 5.41) is 0. The van der Waals surface area contributed by atoms with Crippen LogP contribution in [-0.4, -0.2) is 59.5 Å². The minimum absolute atomic E-state index is 0.0804. The molecule has 3 rings (SSSR count). The molecule has 6 nitrogen and oxygen atoms in total. The third kappa shape index (κ3) is 4.90. The predicted molar refractivity (Wildman–Crippen MR) is 104 cm³/mol. The maximum atomic E-state index is 12.7. The molecule has 2 aromatic rings. The molecule has 1 aliphatic rings. The lowest BCUT2D eigenvalue weighted by Gasteiger charge is -2.22. The van der Waals surface area contributed by atoms with Crippen LogP contribution in [0.4, 0.5) is 0 Å². The number of benzene rings is 1. The normalized spacial score (nSPS) is 14.7. The Kier molecular flexibility index (Phi) is 6.16. The highest BCUT2D eigenvalue weighted by Gasteiger charge is 2.23. The number of aryl methyl sites for hydroxylation is 1. The van der Waals surface area contributed by atoms with Gasteiger partial charge in [0, 0.05) is 51.2 Å². The number of hydrogen-bond acceptors (Lipinski definition) is 3. The van der Waals surface area contributed by atoms with E-state index in [4.69, 9.17) is 4.74 Å². The van der Waals surface area contributed by atoms with Gasteiger partial charge in [-0.15, -0.1) is 0 Å². The minimum atomic E-state index is 0.0804. The summed E-state index contributed by atoms with van der Waals surface area (Å²) in [6, 6.07) is 9.57. The van der Waals surface area contributed by atoms with E-state index < -0.39 is 0 Å². The predicted octanol–water partition coefficient (Wildman–Crippen LogP) is 1.88. The van der Waals surface area contributed by atoms with E-state index in [-0.39, 0.29) is 11.8 Å². The zero-order valence-corrected chi connectivity index (χ0v) is 16.1. The van der Waals surface area contributed by atoms with Crippen molar-refractivity contribution >= 4 is 11.8 Å². The molecule has 0 radical (unpaired) electrons. The first-order valence-electron chi connectivity index (χ1n) is 9.35. The summed E-state index contributed by atoms with van der Waals surface area (Å²) in [6.45, 7) is 2.55. The smallest absolute Gasteiger partial charge is 0.227 e. The average Bonchev–Trinajstić information content (AvgIpc) is 2.93. The van der Waals surface area contributed by atoms with Gasteiger partial charge < -0.3 is 19.1 Å². The summed E-state index contributed by atoms with van der Waals surface area (Å²) in [5.41, 5.74) is 1.92. The lowest BCUT2D eigenvalue weighted by atomic mass is 10.1. The average molecular weight is 369 g/mol. The van der Waals surface area contributed by atoms with Gasteiger partial charge in [0.05, 0.1) is 20.0 Å². The first-order chi connectivity index (χ1) is 13.1. The molecule has 144 valence electrons. The third-order valence-electron chi connectivity index (χ3n) is 4.98. The molecule has 0 saturated carbocycles. The molecule has 2 heterocycles. The fraction of sp³-hybridized carbons (Fsp3) is 0.429. The Balaban J connectivity index is 1.56. The Morgan fingerprint density at radius 3 is 2.26 bits per heavy atom. The fourth-order valence-electron chi connectivity index (χ4n) is 3.49. The highest BCUT2D eigenvalue weighted by molar-refractivity contribution is 5.80. The number of amides is 2. The van der Waals surface area contributed by atoms with Crippen LogP contribution >= 0.6 is 0 Å². The monoisotopic (exact) mass is 369 g/mol. The van der Waals surface area contributed by atoms with Crippen molar-refractivity contribution in [2.45, 2.75) is 19.3 Å². The van der Waals surface area contributed by atoms with Crippen molar-refractivity contribution in [1.82, 2.24) is 14.4 Å². The summed E-state index contributed by atoms with van der Waals surface area (Å²) in [4.78, 5) is 29.0. The standard InChI is InChI=1S/C21H27N3O3/c1-22-11-8-17(16-22)14-20(25)23-9-5-10-24(13-12-23)21(26)15-18-6-3-4-7-19(18)27-2/h3-4,6-8,11,16H,5,9-10,12-15H2,1-2H3. The first kappa shape index (κ1) is 19.0. The van der Waals surface area contributed by atoms with Crippen LogP contribution in [0.5, 0.6) is 5.75 Å². The molecule has 1 aliphatic heterocycles. The van der Waals surface area contributed by atoms with Gasteiger partial charge in [-0.3, -0.25) is 9.59 Å². The SMILES string of the molecule is COc1ccccc1CC(=O)N1CCCN(C(=O)Cc2ccn(C)c2)CC1. The van der Waals surface area contributed by atoms with Crippen LogP contribution in [0.1, 0.15) is 17.5 Å². The molecular formula is C21H27N3O3. The molecule has 2 amide bonds. The quantitative estimate of drug-likeness (QED) is 0.809. The Morgan fingerprint density at radius 2 is 1.63 bits per heavy atom. The second-order valence-electron chi connectivity index (χ2n) is 6.97. The second-order valence-corrected chi connectivity index (χ2v) is 6.97. The van der Waals surface area contributed by atoms with Crippen molar-refractivity contribution in [3.05, 3.63) is 53.9 Å². The summed E-state index contributed by atoms with van der Waals surface area (Å²) < 4.78 is 7.29. The van der Waals surface area contributed by atoms with Crippen molar-refractivity contribution < 1.29 is 14.3 Å². The number of methoxy groups -OCH3 is 1. The summed E-state index contributed by atoms with van der Waals surface area (Å²) >= 11 is 0. The number of hydrogen-bond donors (Lipinski definition) is 0. The molecule has 0 atom stereocenters. The fourth-order valence-corrected chi connectivity index (χ4v) is 3.49. The van der Waals surface area contributed by atoms with Gasteiger partial charge in [-0.2, -0.15) is 0 Å².